The fourth-order valence-corrected chi connectivity index (χ4v) is 2.56. The molecule has 0 aliphatic carbocycles. The first kappa shape index (κ1) is 18.1. The maximum absolute atomic E-state index is 12.7. The minimum Gasteiger partial charge on any atom is -0.804 e. The molecule has 0 saturated carbocycles. The third-order valence-corrected chi connectivity index (χ3v) is 3.72. The Hall–Kier alpha value is -3.74. The molecule has 0 N–H and O–H groups in total. The van der Waals surface area contributed by atoms with Crippen LogP contribution in [0.4, 0.5) is 13.2 Å². The molecular formula is C17H10F3N3O4. The Morgan fingerprint density at radius 1 is 1.15 bits per heavy atom. The van der Waals surface area contributed by atoms with Crippen LogP contribution in [0.1, 0.15) is 5.69 Å². The van der Waals surface area contributed by atoms with Gasteiger partial charge in [0.15, 0.2) is 5.69 Å². The van der Waals surface area contributed by atoms with Gasteiger partial charge in [0.05, 0.1) is 17.1 Å². The highest BCUT2D eigenvalue weighted by atomic mass is 19.4. The van der Waals surface area contributed by atoms with Gasteiger partial charge in [0.25, 0.3) is 5.52 Å². The molecule has 3 rings (SSSR count). The van der Waals surface area contributed by atoms with E-state index in [1.54, 1.807) is 6.07 Å². The molecule has 0 spiro atoms. The Morgan fingerprint density at radius 2 is 1.78 bits per heavy atom. The molecule has 3 aromatic rings. The molecule has 10 heteroatoms. The summed E-state index contributed by atoms with van der Waals surface area (Å²) in [5.74, 6) is -0.180. The minimum absolute atomic E-state index is 0.0320. The van der Waals surface area contributed by atoms with E-state index in [1.807, 2.05) is 0 Å². The van der Waals surface area contributed by atoms with Gasteiger partial charge in [-0.25, -0.2) is 0 Å². The molecule has 0 aliphatic heterocycles. The lowest BCUT2D eigenvalue weighted by molar-refractivity contribution is -0.452. The van der Waals surface area contributed by atoms with Crippen molar-refractivity contribution in [3.8, 4) is 28.8 Å². The summed E-state index contributed by atoms with van der Waals surface area (Å²) in [7, 11) is 1.38. The topological polar surface area (TPSA) is 93.2 Å². The van der Waals surface area contributed by atoms with Crippen molar-refractivity contribution in [3.63, 3.8) is 0 Å². The van der Waals surface area contributed by atoms with Crippen molar-refractivity contribution >= 4 is 11.0 Å². The summed E-state index contributed by atoms with van der Waals surface area (Å²) in [4.78, 5) is 12.7. The van der Waals surface area contributed by atoms with Crippen LogP contribution in [0.5, 0.6) is 11.5 Å². The normalized spacial score (nSPS) is 11.2. The maximum atomic E-state index is 12.7. The Morgan fingerprint density at radius 3 is 2.33 bits per heavy atom. The second-order valence-electron chi connectivity index (χ2n) is 5.32. The largest absolute Gasteiger partial charge is 0.804 e. The van der Waals surface area contributed by atoms with Gasteiger partial charge in [0.1, 0.15) is 23.1 Å². The molecule has 0 fully saturated rings. The number of rotatable bonds is 3. The van der Waals surface area contributed by atoms with Gasteiger partial charge in [0.2, 0.25) is 0 Å². The fourth-order valence-electron chi connectivity index (χ4n) is 2.56. The van der Waals surface area contributed by atoms with E-state index in [9.17, 15) is 28.5 Å². The zero-order valence-corrected chi connectivity index (χ0v) is 13.6. The summed E-state index contributed by atoms with van der Waals surface area (Å²) >= 11 is 0. The fraction of sp³-hybridized carbons (Fsp3) is 0.118. The van der Waals surface area contributed by atoms with Crippen molar-refractivity contribution in [1.82, 2.24) is 4.73 Å². The van der Waals surface area contributed by atoms with E-state index in [-0.39, 0.29) is 27.0 Å². The Bertz CT molecular complexity index is 1120. The number of benzene rings is 2. The first-order valence-electron chi connectivity index (χ1n) is 7.38. The second-order valence-corrected chi connectivity index (χ2v) is 5.32. The molecule has 0 radical (unpaired) electrons. The quantitative estimate of drug-likeness (QED) is 0.653. The van der Waals surface area contributed by atoms with E-state index >= 15 is 0 Å². The van der Waals surface area contributed by atoms with Crippen molar-refractivity contribution in [1.29, 1.82) is 5.26 Å². The zero-order chi connectivity index (χ0) is 19.8. The number of nitrogens with zero attached hydrogens (tertiary/aromatic N) is 3. The average molecular weight is 377 g/mol. The van der Waals surface area contributed by atoms with E-state index in [2.05, 4.69) is 4.74 Å². The average Bonchev–Trinajstić information content (AvgIpc) is 2.63. The van der Waals surface area contributed by atoms with Gasteiger partial charge in [-0.15, -0.1) is 13.2 Å². The number of ether oxygens (including phenoxy) is 2. The number of aromatic nitrogens is 2. The van der Waals surface area contributed by atoms with Crippen molar-refractivity contribution in [2.45, 2.75) is 6.36 Å². The lowest BCUT2D eigenvalue weighted by atomic mass is 10.1. The van der Waals surface area contributed by atoms with E-state index in [1.165, 1.54) is 25.3 Å². The summed E-state index contributed by atoms with van der Waals surface area (Å²) < 4.78 is 46.2. The number of alkyl halides is 3. The molecule has 1 aromatic heterocycles. The highest BCUT2D eigenvalue weighted by Gasteiger charge is 2.31. The summed E-state index contributed by atoms with van der Waals surface area (Å²) in [6.07, 6.45) is -4.86. The van der Waals surface area contributed by atoms with Crippen LogP contribution in [-0.2, 0) is 0 Å². The summed E-state index contributed by atoms with van der Waals surface area (Å²) in [6.45, 7) is 0. The van der Waals surface area contributed by atoms with Gasteiger partial charge in [-0.1, -0.05) is 0 Å². The van der Waals surface area contributed by atoms with Crippen LogP contribution >= 0.6 is 0 Å². The van der Waals surface area contributed by atoms with Crippen LogP contribution < -0.4 is 13.9 Å². The summed E-state index contributed by atoms with van der Waals surface area (Å²) in [5.41, 5.74) is -0.825. The van der Waals surface area contributed by atoms with Crippen LogP contribution in [0.25, 0.3) is 22.3 Å². The molecule has 138 valence electrons. The van der Waals surface area contributed by atoms with Crippen molar-refractivity contribution in [3.05, 3.63) is 58.3 Å². The van der Waals surface area contributed by atoms with Crippen LogP contribution in [0.15, 0.2) is 42.5 Å². The lowest BCUT2D eigenvalue weighted by Crippen LogP contribution is -2.24. The monoisotopic (exact) mass is 377 g/mol. The van der Waals surface area contributed by atoms with Gasteiger partial charge >= 0.3 is 12.1 Å². The lowest BCUT2D eigenvalue weighted by Gasteiger charge is -2.15. The molecule has 0 saturated heterocycles. The Kier molecular flexibility index (Phi) is 4.37. The van der Waals surface area contributed by atoms with E-state index in [4.69, 9.17) is 4.74 Å². The Labute approximate surface area is 149 Å². The predicted octanol–water partition coefficient (Wildman–Crippen LogP) is 3.35. The number of hydrogen-bond donors (Lipinski definition) is 0. The van der Waals surface area contributed by atoms with Crippen molar-refractivity contribution in [2.75, 3.05) is 7.11 Å². The number of hydrogen-bond acceptors (Lipinski definition) is 5. The standard InChI is InChI=1S/C17H10F3N3O4/c1-26-12-6-7-13-14(8-12)22(24)15(9-21)16(23(13)25)10-2-4-11(5-3-10)27-17(18,19)20/h2-8H,1H3. The van der Waals surface area contributed by atoms with Crippen molar-refractivity contribution in [2.24, 2.45) is 0 Å². The number of nitriles is 1. The van der Waals surface area contributed by atoms with Crippen LogP contribution in [0, 0.1) is 21.4 Å². The molecular weight excluding hydrogens is 367 g/mol. The summed E-state index contributed by atoms with van der Waals surface area (Å²) in [5, 5.41) is 21.9. The maximum Gasteiger partial charge on any atom is 0.573 e. The van der Waals surface area contributed by atoms with Gasteiger partial charge in [-0.2, -0.15) is 5.26 Å². The zero-order valence-electron chi connectivity index (χ0n) is 13.6. The molecule has 1 heterocycles. The third kappa shape index (κ3) is 3.35. The predicted molar refractivity (Wildman–Crippen MR) is 87.5 cm³/mol. The van der Waals surface area contributed by atoms with Crippen molar-refractivity contribution < 1.29 is 27.1 Å². The highest BCUT2D eigenvalue weighted by molar-refractivity contribution is 5.78. The minimum atomic E-state index is -4.86. The smallest absolute Gasteiger partial charge is 0.573 e. The molecule has 0 aliphatic rings. The number of fused-ring (bicyclic) bond motifs is 1. The van der Waals surface area contributed by atoms with Crippen LogP contribution in [0.3, 0.4) is 0 Å². The third-order valence-electron chi connectivity index (χ3n) is 3.72. The molecule has 0 unspecified atom stereocenters. The van der Waals surface area contributed by atoms with E-state index in [0.29, 0.717) is 10.2 Å². The number of halogens is 3. The van der Waals surface area contributed by atoms with Crippen LogP contribution in [-0.4, -0.2) is 18.2 Å². The molecule has 7 nitrogen and oxygen atoms in total. The second kappa shape index (κ2) is 6.53. The van der Waals surface area contributed by atoms with Gasteiger partial charge < -0.3 is 19.4 Å². The van der Waals surface area contributed by atoms with Gasteiger partial charge in [-0.05, 0) is 30.3 Å². The molecule has 27 heavy (non-hydrogen) atoms. The molecule has 0 amide bonds. The summed E-state index contributed by atoms with van der Waals surface area (Å²) in [6, 6.07) is 10.1. The van der Waals surface area contributed by atoms with Crippen LogP contribution in [0.2, 0.25) is 0 Å². The SMILES string of the molecule is COc1ccc2c(c1)n([O-])c(C#N)c(-c1ccc(OC(F)(F)F)cc1)[n+]2=O. The highest BCUT2D eigenvalue weighted by Crippen LogP contribution is 2.28. The molecule has 0 atom stereocenters. The molecule has 0 bridgehead atoms. The van der Waals surface area contributed by atoms with E-state index < -0.39 is 17.8 Å². The first-order valence-corrected chi connectivity index (χ1v) is 7.38. The first-order chi connectivity index (χ1) is 12.7. The van der Waals surface area contributed by atoms with Gasteiger partial charge in [0, 0.05) is 17.0 Å². The van der Waals surface area contributed by atoms with E-state index in [0.717, 1.165) is 24.3 Å². The van der Waals surface area contributed by atoms with Gasteiger partial charge in [-0.3, -0.25) is 0 Å². The Balaban J connectivity index is 2.21. The number of methoxy groups -OCH3 is 1. The molecule has 2 aromatic carbocycles.